The second-order valence-electron chi connectivity index (χ2n) is 5.95. The number of hydrogen-bond acceptors (Lipinski definition) is 6. The zero-order valence-corrected chi connectivity index (χ0v) is 14.7. The van der Waals surface area contributed by atoms with E-state index in [1.54, 1.807) is 19.2 Å². The lowest BCUT2D eigenvalue weighted by Gasteiger charge is -2.15. The summed E-state index contributed by atoms with van der Waals surface area (Å²) < 4.78 is 24.4. The van der Waals surface area contributed by atoms with Crippen molar-refractivity contribution >= 4 is 21.6 Å². The molecule has 1 aromatic carbocycles. The number of aromatic nitrogens is 2. The van der Waals surface area contributed by atoms with E-state index >= 15 is 0 Å². The minimum Gasteiger partial charge on any atom is -0.370 e. The Kier molecular flexibility index (Phi) is 4.45. The van der Waals surface area contributed by atoms with Gasteiger partial charge < -0.3 is 11.1 Å². The van der Waals surface area contributed by atoms with Crippen molar-refractivity contribution in [1.82, 2.24) is 9.97 Å². The molecule has 0 unspecified atom stereocenters. The molecule has 0 aliphatic heterocycles. The van der Waals surface area contributed by atoms with Gasteiger partial charge in [0.05, 0.1) is 10.6 Å². The molecule has 1 aliphatic rings. The molecule has 6 nitrogen and oxygen atoms in total. The molecular weight excluding hydrogens is 324 g/mol. The smallest absolute Gasteiger partial charge is 0.221 e. The normalized spacial score (nSPS) is 14.6. The van der Waals surface area contributed by atoms with E-state index in [4.69, 9.17) is 5.73 Å². The van der Waals surface area contributed by atoms with Crippen LogP contribution in [0.2, 0.25) is 0 Å². The first-order valence-electron chi connectivity index (χ1n) is 8.19. The zero-order valence-electron chi connectivity index (χ0n) is 13.9. The molecule has 0 bridgehead atoms. The van der Waals surface area contributed by atoms with Gasteiger partial charge in [-0.05, 0) is 48.9 Å². The van der Waals surface area contributed by atoms with Crippen LogP contribution in [0.25, 0.3) is 11.1 Å². The molecule has 0 radical (unpaired) electrons. The summed E-state index contributed by atoms with van der Waals surface area (Å²) in [6.07, 6.45) is 3.86. The Hall–Kier alpha value is -2.15. The number of sulfone groups is 1. The molecule has 24 heavy (non-hydrogen) atoms. The van der Waals surface area contributed by atoms with Crippen molar-refractivity contribution < 1.29 is 8.42 Å². The van der Waals surface area contributed by atoms with Gasteiger partial charge >= 0.3 is 0 Å². The van der Waals surface area contributed by atoms with Gasteiger partial charge in [-0.1, -0.05) is 13.0 Å². The van der Waals surface area contributed by atoms with Gasteiger partial charge in [0.15, 0.2) is 9.84 Å². The van der Waals surface area contributed by atoms with E-state index in [2.05, 4.69) is 15.3 Å². The molecule has 128 valence electrons. The highest BCUT2D eigenvalue weighted by Crippen LogP contribution is 2.46. The van der Waals surface area contributed by atoms with Crippen molar-refractivity contribution in [3.8, 4) is 11.1 Å². The quantitative estimate of drug-likeness (QED) is 0.834. The van der Waals surface area contributed by atoms with Crippen molar-refractivity contribution in [3.63, 3.8) is 0 Å². The number of nitrogens with zero attached hydrogens (tertiary/aromatic N) is 2. The Morgan fingerprint density at radius 3 is 2.62 bits per heavy atom. The Bertz CT molecular complexity index is 861. The lowest BCUT2D eigenvalue weighted by molar-refractivity contribution is 0.597. The van der Waals surface area contributed by atoms with E-state index in [9.17, 15) is 8.42 Å². The summed E-state index contributed by atoms with van der Waals surface area (Å²) >= 11 is 0. The summed E-state index contributed by atoms with van der Waals surface area (Å²) in [5, 5.41) is 3.21. The second-order valence-corrected chi connectivity index (χ2v) is 8.23. The van der Waals surface area contributed by atoms with E-state index in [0.717, 1.165) is 29.5 Å². The zero-order chi connectivity index (χ0) is 17.3. The first-order chi connectivity index (χ1) is 11.5. The first kappa shape index (κ1) is 16.7. The van der Waals surface area contributed by atoms with Crippen LogP contribution in [0.15, 0.2) is 29.3 Å². The van der Waals surface area contributed by atoms with Gasteiger partial charge in [-0.25, -0.2) is 13.4 Å². The van der Waals surface area contributed by atoms with Crippen LogP contribution in [0.4, 0.5) is 11.8 Å². The van der Waals surface area contributed by atoms with Crippen LogP contribution >= 0.6 is 0 Å². The molecule has 0 saturated heterocycles. The fourth-order valence-electron chi connectivity index (χ4n) is 2.77. The van der Waals surface area contributed by atoms with Crippen molar-refractivity contribution in [2.24, 2.45) is 0 Å². The predicted molar refractivity (Wildman–Crippen MR) is 95.7 cm³/mol. The Balaban J connectivity index is 2.15. The number of nitrogens with one attached hydrogen (secondary N) is 1. The maximum atomic E-state index is 12.2. The van der Waals surface area contributed by atoms with Gasteiger partial charge in [0, 0.05) is 18.3 Å². The van der Waals surface area contributed by atoms with Crippen LogP contribution in [0, 0.1) is 0 Å². The SMILES string of the molecule is CCNc1nc(N)ncc1-c1ccc(S(=O)(=O)CC)cc1C1CC1. The Morgan fingerprint density at radius 2 is 2.00 bits per heavy atom. The number of hydrogen-bond donors (Lipinski definition) is 2. The first-order valence-corrected chi connectivity index (χ1v) is 9.85. The minimum atomic E-state index is -3.22. The molecule has 0 spiro atoms. The van der Waals surface area contributed by atoms with Gasteiger partial charge in [-0.2, -0.15) is 4.98 Å². The summed E-state index contributed by atoms with van der Waals surface area (Å²) in [7, 11) is -3.22. The van der Waals surface area contributed by atoms with Gasteiger partial charge in [0.2, 0.25) is 5.95 Å². The number of rotatable bonds is 6. The van der Waals surface area contributed by atoms with Gasteiger partial charge in [-0.3, -0.25) is 0 Å². The highest BCUT2D eigenvalue weighted by Gasteiger charge is 2.29. The van der Waals surface area contributed by atoms with E-state index in [1.165, 1.54) is 0 Å². The van der Waals surface area contributed by atoms with Gasteiger partial charge in [-0.15, -0.1) is 0 Å². The number of anilines is 2. The topological polar surface area (TPSA) is 98.0 Å². The fourth-order valence-corrected chi connectivity index (χ4v) is 3.69. The molecule has 3 rings (SSSR count). The van der Waals surface area contributed by atoms with E-state index < -0.39 is 9.84 Å². The summed E-state index contributed by atoms with van der Waals surface area (Å²) in [4.78, 5) is 8.79. The number of nitrogens with two attached hydrogens (primary N) is 1. The molecular formula is C17H22N4O2S. The number of nitrogen functional groups attached to an aromatic ring is 1. The van der Waals surface area contributed by atoms with Crippen LogP contribution in [0.1, 0.15) is 38.2 Å². The minimum absolute atomic E-state index is 0.101. The predicted octanol–water partition coefficient (Wildman–Crippen LogP) is 2.83. The molecule has 1 heterocycles. The summed E-state index contributed by atoms with van der Waals surface area (Å²) in [6.45, 7) is 4.36. The lowest BCUT2D eigenvalue weighted by atomic mass is 9.98. The summed E-state index contributed by atoms with van der Waals surface area (Å²) in [5.74, 6) is 1.40. The fraction of sp³-hybridized carbons (Fsp3) is 0.412. The third-order valence-electron chi connectivity index (χ3n) is 4.22. The highest BCUT2D eigenvalue weighted by molar-refractivity contribution is 7.91. The van der Waals surface area contributed by atoms with Gasteiger partial charge in [0.25, 0.3) is 0 Å². The maximum absolute atomic E-state index is 12.2. The third-order valence-corrected chi connectivity index (χ3v) is 5.95. The van der Waals surface area contributed by atoms with Crippen molar-refractivity contribution in [2.75, 3.05) is 23.3 Å². The highest BCUT2D eigenvalue weighted by atomic mass is 32.2. The molecule has 0 amide bonds. The van der Waals surface area contributed by atoms with Crippen LogP contribution < -0.4 is 11.1 Å². The standard InChI is InChI=1S/C17H22N4O2S/c1-3-19-16-15(10-20-17(18)21-16)13-8-7-12(24(22,23)4-2)9-14(13)11-5-6-11/h7-11H,3-6H2,1-2H3,(H3,18,19,20,21). The average Bonchev–Trinajstić information content (AvgIpc) is 3.40. The second kappa shape index (κ2) is 6.39. The Morgan fingerprint density at radius 1 is 1.25 bits per heavy atom. The average molecular weight is 346 g/mol. The van der Waals surface area contributed by atoms with Crippen molar-refractivity contribution in [2.45, 2.75) is 37.5 Å². The Labute approximate surface area is 142 Å². The maximum Gasteiger partial charge on any atom is 0.221 e. The van der Waals surface area contributed by atoms with E-state index in [-0.39, 0.29) is 11.7 Å². The van der Waals surface area contributed by atoms with E-state index in [0.29, 0.717) is 23.2 Å². The van der Waals surface area contributed by atoms with E-state index in [1.807, 2.05) is 19.1 Å². The molecule has 1 aromatic heterocycles. The molecule has 3 N–H and O–H groups in total. The van der Waals surface area contributed by atoms with Crippen molar-refractivity contribution in [3.05, 3.63) is 30.0 Å². The molecule has 1 saturated carbocycles. The number of benzene rings is 1. The largest absolute Gasteiger partial charge is 0.370 e. The van der Waals surface area contributed by atoms with Crippen molar-refractivity contribution in [1.29, 1.82) is 0 Å². The monoisotopic (exact) mass is 346 g/mol. The molecule has 0 atom stereocenters. The molecule has 1 aliphatic carbocycles. The van der Waals surface area contributed by atoms with Crippen LogP contribution in [-0.2, 0) is 9.84 Å². The van der Waals surface area contributed by atoms with Crippen LogP contribution in [-0.4, -0.2) is 30.7 Å². The third kappa shape index (κ3) is 3.21. The van der Waals surface area contributed by atoms with Crippen LogP contribution in [0.5, 0.6) is 0 Å². The summed E-state index contributed by atoms with van der Waals surface area (Å²) in [6, 6.07) is 5.36. The summed E-state index contributed by atoms with van der Waals surface area (Å²) in [5.41, 5.74) is 8.59. The molecule has 7 heteroatoms. The van der Waals surface area contributed by atoms with Crippen LogP contribution in [0.3, 0.4) is 0 Å². The molecule has 2 aromatic rings. The molecule has 1 fully saturated rings. The van der Waals surface area contributed by atoms with Gasteiger partial charge in [0.1, 0.15) is 5.82 Å². The lowest BCUT2D eigenvalue weighted by Crippen LogP contribution is -2.07.